The van der Waals surface area contributed by atoms with Gasteiger partial charge in [0.15, 0.2) is 5.82 Å². The summed E-state index contributed by atoms with van der Waals surface area (Å²) in [4.78, 5) is 4.40. The summed E-state index contributed by atoms with van der Waals surface area (Å²) >= 11 is 0. The van der Waals surface area contributed by atoms with Crippen LogP contribution >= 0.6 is 0 Å². The quantitative estimate of drug-likeness (QED) is 0.743. The number of nitrogens with one attached hydrogen (secondary N) is 2. The molecule has 0 radical (unpaired) electrons. The van der Waals surface area contributed by atoms with Gasteiger partial charge in [0.1, 0.15) is 5.82 Å². The number of hydrogen-bond donors (Lipinski definition) is 2. The second-order valence-corrected chi connectivity index (χ2v) is 5.59. The van der Waals surface area contributed by atoms with Crippen LogP contribution in [0.1, 0.15) is 16.7 Å². The first-order chi connectivity index (χ1) is 11.6. The molecule has 0 bridgehead atoms. The fraction of sp³-hybridized carbons (Fsp3) is 0.167. The van der Waals surface area contributed by atoms with Crippen molar-refractivity contribution in [3.8, 4) is 0 Å². The Morgan fingerprint density at radius 3 is 2.62 bits per heavy atom. The Bertz CT molecular complexity index is 833. The van der Waals surface area contributed by atoms with Crippen molar-refractivity contribution < 1.29 is 4.39 Å². The van der Waals surface area contributed by atoms with Crippen LogP contribution < -0.4 is 10.6 Å². The molecule has 3 aromatic rings. The van der Waals surface area contributed by atoms with Crippen LogP contribution in [-0.4, -0.2) is 15.2 Å². The van der Waals surface area contributed by atoms with Crippen LogP contribution in [0.2, 0.25) is 0 Å². The van der Waals surface area contributed by atoms with E-state index in [4.69, 9.17) is 0 Å². The van der Waals surface area contributed by atoms with Crippen LogP contribution in [0.25, 0.3) is 0 Å². The van der Waals surface area contributed by atoms with Gasteiger partial charge in [-0.1, -0.05) is 24.3 Å². The summed E-state index contributed by atoms with van der Waals surface area (Å²) in [6.45, 7) is 4.57. The minimum absolute atomic E-state index is 0.253. The Morgan fingerprint density at radius 1 is 1.04 bits per heavy atom. The molecule has 0 amide bonds. The Kier molecular flexibility index (Phi) is 4.65. The maximum atomic E-state index is 12.9. The van der Waals surface area contributed by atoms with Crippen LogP contribution in [0.3, 0.4) is 0 Å². The molecule has 0 aliphatic rings. The van der Waals surface area contributed by atoms with Crippen molar-refractivity contribution in [1.82, 2.24) is 15.2 Å². The molecule has 3 rings (SSSR count). The maximum Gasteiger partial charge on any atom is 0.244 e. The first-order valence-corrected chi connectivity index (χ1v) is 7.62. The average molecular weight is 323 g/mol. The third-order valence-electron chi connectivity index (χ3n) is 3.58. The number of nitrogens with zero attached hydrogens (tertiary/aromatic N) is 3. The predicted octanol–water partition coefficient (Wildman–Crippen LogP) is 3.98. The van der Waals surface area contributed by atoms with Crippen LogP contribution in [0.15, 0.2) is 48.7 Å². The van der Waals surface area contributed by atoms with Gasteiger partial charge in [-0.3, -0.25) is 0 Å². The van der Waals surface area contributed by atoms with Crippen molar-refractivity contribution in [3.05, 3.63) is 71.2 Å². The van der Waals surface area contributed by atoms with Crippen molar-refractivity contribution in [1.29, 1.82) is 0 Å². The summed E-state index contributed by atoms with van der Waals surface area (Å²) in [5.74, 6) is 0.770. The molecule has 1 heterocycles. The minimum atomic E-state index is -0.253. The number of aryl methyl sites for hydroxylation is 2. The third-order valence-corrected chi connectivity index (χ3v) is 3.58. The zero-order chi connectivity index (χ0) is 16.9. The molecule has 5 nitrogen and oxygen atoms in total. The summed E-state index contributed by atoms with van der Waals surface area (Å²) in [6.07, 6.45) is 1.57. The van der Waals surface area contributed by atoms with Gasteiger partial charge >= 0.3 is 0 Å². The van der Waals surface area contributed by atoms with Gasteiger partial charge in [0.2, 0.25) is 5.95 Å². The average Bonchev–Trinajstić information content (AvgIpc) is 2.58. The summed E-state index contributed by atoms with van der Waals surface area (Å²) in [5.41, 5.74) is 4.22. The van der Waals surface area contributed by atoms with E-state index in [2.05, 4.69) is 44.0 Å². The van der Waals surface area contributed by atoms with E-state index in [1.165, 1.54) is 17.7 Å². The van der Waals surface area contributed by atoms with Crippen LogP contribution in [0.5, 0.6) is 0 Å². The lowest BCUT2D eigenvalue weighted by Crippen LogP contribution is -2.06. The normalized spacial score (nSPS) is 10.5. The van der Waals surface area contributed by atoms with Gasteiger partial charge < -0.3 is 10.6 Å². The van der Waals surface area contributed by atoms with E-state index in [1.54, 1.807) is 18.3 Å². The summed E-state index contributed by atoms with van der Waals surface area (Å²) in [5, 5.41) is 14.3. The number of hydrogen-bond acceptors (Lipinski definition) is 5. The fourth-order valence-corrected chi connectivity index (χ4v) is 2.23. The highest BCUT2D eigenvalue weighted by molar-refractivity contribution is 5.61. The molecular weight excluding hydrogens is 305 g/mol. The van der Waals surface area contributed by atoms with Gasteiger partial charge in [0.05, 0.1) is 6.20 Å². The molecule has 0 aliphatic carbocycles. The van der Waals surface area contributed by atoms with E-state index in [0.29, 0.717) is 18.3 Å². The lowest BCUT2D eigenvalue weighted by Gasteiger charge is -2.10. The molecule has 0 fully saturated rings. The first kappa shape index (κ1) is 15.9. The van der Waals surface area contributed by atoms with E-state index in [-0.39, 0.29) is 5.82 Å². The number of rotatable bonds is 5. The molecule has 24 heavy (non-hydrogen) atoms. The van der Waals surface area contributed by atoms with E-state index in [0.717, 1.165) is 16.8 Å². The van der Waals surface area contributed by atoms with Crippen LogP contribution in [-0.2, 0) is 6.54 Å². The number of benzene rings is 2. The fourth-order valence-electron chi connectivity index (χ4n) is 2.23. The number of aromatic nitrogens is 3. The second-order valence-electron chi connectivity index (χ2n) is 5.59. The summed E-state index contributed by atoms with van der Waals surface area (Å²) < 4.78 is 12.9. The topological polar surface area (TPSA) is 62.7 Å². The predicted molar refractivity (Wildman–Crippen MR) is 92.8 cm³/mol. The zero-order valence-electron chi connectivity index (χ0n) is 13.5. The van der Waals surface area contributed by atoms with E-state index >= 15 is 0 Å². The Balaban J connectivity index is 1.69. The molecular formula is C18H18FN5. The minimum Gasteiger partial charge on any atom is -0.349 e. The van der Waals surface area contributed by atoms with E-state index in [9.17, 15) is 4.39 Å². The van der Waals surface area contributed by atoms with Gasteiger partial charge in [-0.15, -0.1) is 5.10 Å². The van der Waals surface area contributed by atoms with Crippen molar-refractivity contribution in [2.45, 2.75) is 20.4 Å². The molecule has 0 saturated carbocycles. The molecule has 0 unspecified atom stereocenters. The van der Waals surface area contributed by atoms with Crippen molar-refractivity contribution in [2.75, 3.05) is 10.6 Å². The van der Waals surface area contributed by atoms with Crippen LogP contribution in [0, 0.1) is 19.7 Å². The highest BCUT2D eigenvalue weighted by atomic mass is 19.1. The summed E-state index contributed by atoms with van der Waals surface area (Å²) in [6, 6.07) is 12.5. The lowest BCUT2D eigenvalue weighted by molar-refractivity contribution is 0.627. The zero-order valence-corrected chi connectivity index (χ0v) is 13.5. The molecule has 0 atom stereocenters. The monoisotopic (exact) mass is 323 g/mol. The molecule has 122 valence electrons. The van der Waals surface area contributed by atoms with Gasteiger partial charge in [0.25, 0.3) is 0 Å². The van der Waals surface area contributed by atoms with Crippen LogP contribution in [0.4, 0.5) is 21.8 Å². The highest BCUT2D eigenvalue weighted by Crippen LogP contribution is 2.20. The molecule has 0 aliphatic heterocycles. The second kappa shape index (κ2) is 7.04. The number of halogens is 1. The van der Waals surface area contributed by atoms with Crippen molar-refractivity contribution in [2.24, 2.45) is 0 Å². The highest BCUT2D eigenvalue weighted by Gasteiger charge is 2.04. The van der Waals surface area contributed by atoms with Crippen molar-refractivity contribution in [3.63, 3.8) is 0 Å². The summed E-state index contributed by atoms with van der Waals surface area (Å²) in [7, 11) is 0. The molecule has 6 heteroatoms. The first-order valence-electron chi connectivity index (χ1n) is 7.62. The third kappa shape index (κ3) is 4.04. The lowest BCUT2D eigenvalue weighted by atomic mass is 10.1. The van der Waals surface area contributed by atoms with E-state index < -0.39 is 0 Å². The molecule has 0 spiro atoms. The van der Waals surface area contributed by atoms with Gasteiger partial charge in [-0.25, -0.2) is 4.39 Å². The Hall–Kier alpha value is -3.02. The Labute approximate surface area is 140 Å². The standard InChI is InChI=1S/C18H18FN5/c1-12-3-4-13(2)16(9-12)22-17-11-21-24-18(23-17)20-10-14-5-7-15(19)8-6-14/h3-9,11H,10H2,1-2H3,(H2,20,22,23,24). The SMILES string of the molecule is Cc1ccc(C)c(Nc2cnnc(NCc3ccc(F)cc3)n2)c1. The van der Waals surface area contributed by atoms with E-state index in [1.807, 2.05) is 13.8 Å². The molecule has 0 saturated heterocycles. The van der Waals surface area contributed by atoms with Crippen molar-refractivity contribution >= 4 is 17.5 Å². The van der Waals surface area contributed by atoms with Gasteiger partial charge in [-0.2, -0.15) is 10.1 Å². The van der Waals surface area contributed by atoms with Gasteiger partial charge in [-0.05, 0) is 48.7 Å². The maximum absolute atomic E-state index is 12.9. The largest absolute Gasteiger partial charge is 0.349 e. The number of anilines is 3. The molecule has 2 aromatic carbocycles. The smallest absolute Gasteiger partial charge is 0.244 e. The Morgan fingerprint density at radius 2 is 1.83 bits per heavy atom. The molecule has 2 N–H and O–H groups in total. The van der Waals surface area contributed by atoms with Gasteiger partial charge in [0, 0.05) is 12.2 Å². The molecule has 1 aromatic heterocycles.